The molecule has 0 bridgehead atoms. The van der Waals surface area contributed by atoms with Gasteiger partial charge in [0, 0.05) is 11.4 Å². The van der Waals surface area contributed by atoms with E-state index >= 15 is 0 Å². The van der Waals surface area contributed by atoms with Gasteiger partial charge in [0.15, 0.2) is 0 Å². The number of ether oxygens (including phenoxy) is 1. The number of amides is 1. The molecule has 8 heteroatoms. The molecule has 0 saturated heterocycles. The molecule has 0 aliphatic rings. The summed E-state index contributed by atoms with van der Waals surface area (Å²) in [6.45, 7) is 6.22. The third-order valence-electron chi connectivity index (χ3n) is 4.76. The summed E-state index contributed by atoms with van der Waals surface area (Å²) >= 11 is 6.20. The van der Waals surface area contributed by atoms with Crippen LogP contribution in [0.5, 0.6) is 5.75 Å². The molecule has 0 fully saturated rings. The number of rotatable bonds is 7. The van der Waals surface area contributed by atoms with Crippen LogP contribution in [0.4, 0.5) is 11.4 Å². The fourth-order valence-corrected chi connectivity index (χ4v) is 4.21. The number of aryl methyl sites for hydroxylation is 1. The number of carbonyl (C=O) groups excluding carboxylic acids is 1. The highest BCUT2D eigenvalue weighted by Crippen LogP contribution is 2.25. The lowest BCUT2D eigenvalue weighted by atomic mass is 10.1. The molecule has 2 N–H and O–H groups in total. The predicted octanol–water partition coefficient (Wildman–Crippen LogP) is 5.41. The van der Waals surface area contributed by atoms with Gasteiger partial charge < -0.3 is 10.1 Å². The summed E-state index contributed by atoms with van der Waals surface area (Å²) in [5.74, 6) is 0.152. The van der Waals surface area contributed by atoms with E-state index in [-0.39, 0.29) is 15.5 Å². The maximum atomic E-state index is 12.8. The van der Waals surface area contributed by atoms with Crippen LogP contribution >= 0.6 is 11.6 Å². The van der Waals surface area contributed by atoms with Crippen LogP contribution in [-0.4, -0.2) is 20.9 Å². The number of benzene rings is 3. The average molecular weight is 459 g/mol. The molecule has 162 valence electrons. The van der Waals surface area contributed by atoms with Gasteiger partial charge in [0.1, 0.15) is 5.75 Å². The third-order valence-corrected chi connectivity index (χ3v) is 6.47. The molecule has 0 radical (unpaired) electrons. The van der Waals surface area contributed by atoms with Gasteiger partial charge in [-0.25, -0.2) is 8.42 Å². The molecule has 3 aromatic carbocycles. The second kappa shape index (κ2) is 9.41. The lowest BCUT2D eigenvalue weighted by Crippen LogP contribution is -2.17. The van der Waals surface area contributed by atoms with Crippen LogP contribution in [-0.2, 0) is 10.0 Å². The topological polar surface area (TPSA) is 84.5 Å². The first-order valence-corrected chi connectivity index (χ1v) is 11.5. The van der Waals surface area contributed by atoms with Gasteiger partial charge in [0.2, 0.25) is 0 Å². The normalized spacial score (nSPS) is 11.1. The Morgan fingerprint density at radius 3 is 2.42 bits per heavy atom. The molecular weight excluding hydrogens is 436 g/mol. The van der Waals surface area contributed by atoms with Gasteiger partial charge in [-0.05, 0) is 80.4 Å². The summed E-state index contributed by atoms with van der Waals surface area (Å²) in [6.07, 6.45) is 0. The zero-order valence-electron chi connectivity index (χ0n) is 17.4. The number of hydrogen-bond donors (Lipinski definition) is 2. The highest BCUT2D eigenvalue weighted by molar-refractivity contribution is 7.92. The Bertz CT molecular complexity index is 1210. The van der Waals surface area contributed by atoms with Crippen LogP contribution in [0, 0.1) is 13.8 Å². The van der Waals surface area contributed by atoms with Crippen LogP contribution < -0.4 is 14.8 Å². The summed E-state index contributed by atoms with van der Waals surface area (Å²) in [5, 5.41) is 2.96. The minimum Gasteiger partial charge on any atom is -0.494 e. The second-order valence-electron chi connectivity index (χ2n) is 6.91. The highest BCUT2D eigenvalue weighted by Gasteiger charge is 2.20. The summed E-state index contributed by atoms with van der Waals surface area (Å²) < 4.78 is 33.5. The van der Waals surface area contributed by atoms with Gasteiger partial charge in [-0.3, -0.25) is 9.52 Å². The Hall–Kier alpha value is -3.03. The van der Waals surface area contributed by atoms with Crippen molar-refractivity contribution in [3.05, 3.63) is 82.4 Å². The Morgan fingerprint density at radius 1 is 1.03 bits per heavy atom. The van der Waals surface area contributed by atoms with Crippen molar-refractivity contribution in [2.45, 2.75) is 25.7 Å². The molecule has 31 heavy (non-hydrogen) atoms. The first-order valence-electron chi connectivity index (χ1n) is 9.64. The Kier molecular flexibility index (Phi) is 6.87. The number of halogens is 1. The maximum absolute atomic E-state index is 12.8. The molecule has 0 aliphatic carbocycles. The molecular formula is C23H23ClN2O4S. The predicted molar refractivity (Wildman–Crippen MR) is 124 cm³/mol. The van der Waals surface area contributed by atoms with Crippen molar-refractivity contribution in [3.8, 4) is 5.75 Å². The fraction of sp³-hybridized carbons (Fsp3) is 0.174. The fourth-order valence-electron chi connectivity index (χ4n) is 2.92. The summed E-state index contributed by atoms with van der Waals surface area (Å²) in [7, 11) is -3.93. The standard InChI is InChI=1S/C23H23ClN2O4S/c1-4-30-18-10-8-17(9-11-18)26-31(28,29)19-12-13-21(24)20(14-19)23(27)25-22-7-5-6-15(2)16(22)3/h5-14,26H,4H2,1-3H3,(H,25,27). The van der Waals surface area contributed by atoms with Gasteiger partial charge in [-0.15, -0.1) is 0 Å². The van der Waals surface area contributed by atoms with Crippen LogP contribution in [0.3, 0.4) is 0 Å². The summed E-state index contributed by atoms with van der Waals surface area (Å²) in [6, 6.07) is 16.1. The Labute approximate surface area is 187 Å². The zero-order valence-corrected chi connectivity index (χ0v) is 19.0. The quantitative estimate of drug-likeness (QED) is 0.495. The van der Waals surface area contributed by atoms with E-state index in [9.17, 15) is 13.2 Å². The molecule has 0 aliphatic heterocycles. The average Bonchev–Trinajstić information content (AvgIpc) is 2.73. The van der Waals surface area contributed by atoms with Gasteiger partial charge >= 0.3 is 0 Å². The molecule has 0 unspecified atom stereocenters. The number of sulfonamides is 1. The van der Waals surface area contributed by atoms with Crippen molar-refractivity contribution >= 4 is 38.9 Å². The largest absolute Gasteiger partial charge is 0.494 e. The van der Waals surface area contributed by atoms with E-state index in [0.717, 1.165) is 11.1 Å². The van der Waals surface area contributed by atoms with Crippen molar-refractivity contribution in [2.24, 2.45) is 0 Å². The SMILES string of the molecule is CCOc1ccc(NS(=O)(=O)c2ccc(Cl)c(C(=O)Nc3cccc(C)c3C)c2)cc1. The van der Waals surface area contributed by atoms with E-state index < -0.39 is 15.9 Å². The van der Waals surface area contributed by atoms with E-state index in [0.29, 0.717) is 23.7 Å². The van der Waals surface area contributed by atoms with Crippen molar-refractivity contribution in [1.82, 2.24) is 0 Å². The van der Waals surface area contributed by atoms with Gasteiger partial charge in [0.05, 0.1) is 22.1 Å². The van der Waals surface area contributed by atoms with Gasteiger partial charge in [-0.1, -0.05) is 23.7 Å². The molecule has 1 amide bonds. The number of carbonyl (C=O) groups is 1. The van der Waals surface area contributed by atoms with Crippen molar-refractivity contribution in [3.63, 3.8) is 0 Å². The van der Waals surface area contributed by atoms with Crippen molar-refractivity contribution < 1.29 is 17.9 Å². The Morgan fingerprint density at radius 2 is 1.74 bits per heavy atom. The monoisotopic (exact) mass is 458 g/mol. The molecule has 3 aromatic rings. The van der Waals surface area contributed by atoms with Gasteiger partial charge in [0.25, 0.3) is 15.9 Å². The molecule has 3 rings (SSSR count). The van der Waals surface area contributed by atoms with Crippen molar-refractivity contribution in [2.75, 3.05) is 16.6 Å². The number of hydrogen-bond acceptors (Lipinski definition) is 4. The molecule has 0 aromatic heterocycles. The number of anilines is 2. The van der Waals surface area contributed by atoms with Crippen molar-refractivity contribution in [1.29, 1.82) is 0 Å². The first-order chi connectivity index (χ1) is 14.7. The molecule has 0 heterocycles. The van der Waals surface area contributed by atoms with E-state index in [1.54, 1.807) is 30.3 Å². The Balaban J connectivity index is 1.85. The minimum absolute atomic E-state index is 0.0668. The first kappa shape index (κ1) is 22.7. The van der Waals surface area contributed by atoms with Crippen LogP contribution in [0.25, 0.3) is 0 Å². The smallest absolute Gasteiger partial charge is 0.261 e. The lowest BCUT2D eigenvalue weighted by molar-refractivity contribution is 0.102. The van der Waals surface area contributed by atoms with Crippen LogP contribution in [0.15, 0.2) is 65.6 Å². The third kappa shape index (κ3) is 5.37. The summed E-state index contributed by atoms with van der Waals surface area (Å²) in [5.41, 5.74) is 3.03. The summed E-state index contributed by atoms with van der Waals surface area (Å²) in [4.78, 5) is 12.7. The second-order valence-corrected chi connectivity index (χ2v) is 9.00. The molecule has 0 atom stereocenters. The number of nitrogens with one attached hydrogen (secondary N) is 2. The van der Waals surface area contributed by atoms with E-state index in [1.807, 2.05) is 32.9 Å². The van der Waals surface area contributed by atoms with Crippen LogP contribution in [0.2, 0.25) is 5.02 Å². The highest BCUT2D eigenvalue weighted by atomic mass is 35.5. The van der Waals surface area contributed by atoms with E-state index in [1.165, 1.54) is 18.2 Å². The lowest BCUT2D eigenvalue weighted by Gasteiger charge is -2.13. The maximum Gasteiger partial charge on any atom is 0.261 e. The molecule has 0 saturated carbocycles. The van der Waals surface area contributed by atoms with E-state index in [2.05, 4.69) is 10.0 Å². The zero-order chi connectivity index (χ0) is 22.6. The molecule has 6 nitrogen and oxygen atoms in total. The van der Waals surface area contributed by atoms with Gasteiger partial charge in [-0.2, -0.15) is 0 Å². The van der Waals surface area contributed by atoms with E-state index in [4.69, 9.17) is 16.3 Å². The molecule has 0 spiro atoms. The van der Waals surface area contributed by atoms with Crippen LogP contribution in [0.1, 0.15) is 28.4 Å². The minimum atomic E-state index is -3.93.